The Hall–Kier alpha value is -2.90. The van der Waals surface area contributed by atoms with E-state index in [2.05, 4.69) is 5.32 Å². The van der Waals surface area contributed by atoms with Crippen LogP contribution in [-0.2, 0) is 21.2 Å². The highest BCUT2D eigenvalue weighted by Gasteiger charge is 2.23. The van der Waals surface area contributed by atoms with Crippen LogP contribution in [0.25, 0.3) is 10.8 Å². The molecule has 0 unspecified atom stereocenters. The quantitative estimate of drug-likeness (QED) is 0.617. The number of carbonyl (C=O) groups excluding carboxylic acids is 1. The van der Waals surface area contributed by atoms with Crippen molar-refractivity contribution in [3.8, 4) is 5.75 Å². The number of amides is 1. The molecule has 0 fully saturated rings. The molecule has 0 saturated carbocycles. The molecule has 0 atom stereocenters. The summed E-state index contributed by atoms with van der Waals surface area (Å²) in [7, 11) is -0.733. The fraction of sp³-hybridized carbons (Fsp3) is 0.227. The fourth-order valence-corrected chi connectivity index (χ4v) is 4.15. The number of hydrogen-bond donors (Lipinski definition) is 1. The number of fused-ring (bicyclic) bond motifs is 1. The van der Waals surface area contributed by atoms with Crippen LogP contribution >= 0.6 is 0 Å². The summed E-state index contributed by atoms with van der Waals surface area (Å²) < 4.78 is 31.8. The molecule has 152 valence electrons. The van der Waals surface area contributed by atoms with E-state index in [4.69, 9.17) is 4.74 Å². The van der Waals surface area contributed by atoms with Crippen LogP contribution in [0.1, 0.15) is 5.56 Å². The number of sulfonamides is 1. The van der Waals surface area contributed by atoms with E-state index in [1.165, 1.54) is 7.05 Å². The Morgan fingerprint density at radius 3 is 2.38 bits per heavy atom. The molecule has 3 aromatic carbocycles. The number of rotatable bonds is 8. The lowest BCUT2D eigenvalue weighted by Gasteiger charge is -2.17. The largest absolute Gasteiger partial charge is 0.497 e. The smallest absolute Gasteiger partial charge is 0.243 e. The number of carbonyl (C=O) groups is 1. The van der Waals surface area contributed by atoms with E-state index in [0.29, 0.717) is 13.0 Å². The van der Waals surface area contributed by atoms with Crippen LogP contribution in [0.15, 0.2) is 71.6 Å². The summed E-state index contributed by atoms with van der Waals surface area (Å²) in [4.78, 5) is 12.4. The third-order valence-corrected chi connectivity index (χ3v) is 6.49. The number of likely N-dealkylation sites (N-methyl/N-ethyl adjacent to an activating group) is 1. The van der Waals surface area contributed by atoms with Crippen molar-refractivity contribution >= 4 is 26.7 Å². The topological polar surface area (TPSA) is 75.7 Å². The average Bonchev–Trinajstić information content (AvgIpc) is 2.73. The van der Waals surface area contributed by atoms with Crippen molar-refractivity contribution in [1.82, 2.24) is 9.62 Å². The maximum absolute atomic E-state index is 12.8. The van der Waals surface area contributed by atoms with Gasteiger partial charge in [0.05, 0.1) is 18.6 Å². The Labute approximate surface area is 171 Å². The van der Waals surface area contributed by atoms with Gasteiger partial charge in [0, 0.05) is 13.6 Å². The molecule has 0 heterocycles. The number of nitrogens with zero attached hydrogens (tertiary/aromatic N) is 1. The molecule has 29 heavy (non-hydrogen) atoms. The van der Waals surface area contributed by atoms with Gasteiger partial charge >= 0.3 is 0 Å². The van der Waals surface area contributed by atoms with Crippen LogP contribution in [0.3, 0.4) is 0 Å². The van der Waals surface area contributed by atoms with Crippen LogP contribution < -0.4 is 10.1 Å². The highest BCUT2D eigenvalue weighted by atomic mass is 32.2. The molecule has 0 saturated heterocycles. The molecule has 0 spiro atoms. The Kier molecular flexibility index (Phi) is 6.51. The van der Waals surface area contributed by atoms with Gasteiger partial charge < -0.3 is 10.1 Å². The second kappa shape index (κ2) is 9.07. The lowest BCUT2D eigenvalue weighted by Crippen LogP contribution is -2.39. The first-order chi connectivity index (χ1) is 13.9. The summed E-state index contributed by atoms with van der Waals surface area (Å²) in [6.07, 6.45) is 0.650. The summed E-state index contributed by atoms with van der Waals surface area (Å²) in [6, 6.07) is 20.1. The monoisotopic (exact) mass is 412 g/mol. The van der Waals surface area contributed by atoms with E-state index < -0.39 is 10.0 Å². The van der Waals surface area contributed by atoms with Crippen molar-refractivity contribution in [3.63, 3.8) is 0 Å². The third kappa shape index (κ3) is 5.13. The highest BCUT2D eigenvalue weighted by molar-refractivity contribution is 7.89. The molecule has 0 radical (unpaired) electrons. The van der Waals surface area contributed by atoms with Crippen molar-refractivity contribution in [2.75, 3.05) is 27.2 Å². The first-order valence-corrected chi connectivity index (χ1v) is 10.7. The van der Waals surface area contributed by atoms with Gasteiger partial charge in [-0.1, -0.05) is 42.5 Å². The Balaban J connectivity index is 1.57. The molecule has 0 aliphatic carbocycles. The summed E-state index contributed by atoms with van der Waals surface area (Å²) in [5.41, 5.74) is 1.06. The fourth-order valence-electron chi connectivity index (χ4n) is 2.99. The molecule has 6 nitrogen and oxygen atoms in total. The minimum atomic E-state index is -3.75. The average molecular weight is 413 g/mol. The Bertz CT molecular complexity index is 1100. The standard InChI is InChI=1S/C22H24N2O4S/c1-24(16-22(25)23-14-13-17-7-10-20(28-2)11-8-17)29(26,27)21-12-9-18-5-3-4-6-19(18)15-21/h3-12,15H,13-14,16H2,1-2H3,(H,23,25). The van der Waals surface area contributed by atoms with Gasteiger partial charge in [-0.2, -0.15) is 4.31 Å². The van der Waals surface area contributed by atoms with E-state index in [-0.39, 0.29) is 17.3 Å². The van der Waals surface area contributed by atoms with Crippen LogP contribution in [0.4, 0.5) is 0 Å². The molecule has 1 amide bonds. The van der Waals surface area contributed by atoms with Gasteiger partial charge in [0.1, 0.15) is 5.75 Å². The second-order valence-electron chi connectivity index (χ2n) is 6.72. The first kappa shape index (κ1) is 20.8. The zero-order valence-electron chi connectivity index (χ0n) is 16.5. The molecule has 3 rings (SSSR count). The summed E-state index contributed by atoms with van der Waals surface area (Å²) >= 11 is 0. The lowest BCUT2D eigenvalue weighted by atomic mass is 10.1. The maximum atomic E-state index is 12.8. The minimum Gasteiger partial charge on any atom is -0.497 e. The predicted octanol–water partition coefficient (Wildman–Crippen LogP) is 2.83. The molecule has 1 N–H and O–H groups in total. The molecule has 7 heteroatoms. The Morgan fingerprint density at radius 1 is 1.00 bits per heavy atom. The van der Waals surface area contributed by atoms with E-state index >= 15 is 0 Å². The highest BCUT2D eigenvalue weighted by Crippen LogP contribution is 2.21. The van der Waals surface area contributed by atoms with Crippen LogP contribution in [-0.4, -0.2) is 45.9 Å². The van der Waals surface area contributed by atoms with Crippen molar-refractivity contribution in [3.05, 3.63) is 72.3 Å². The van der Waals surface area contributed by atoms with Crippen molar-refractivity contribution in [1.29, 1.82) is 0 Å². The molecular weight excluding hydrogens is 388 g/mol. The van der Waals surface area contributed by atoms with Gasteiger partial charge in [-0.15, -0.1) is 0 Å². The molecule has 3 aromatic rings. The van der Waals surface area contributed by atoms with Gasteiger partial charge in [0.25, 0.3) is 0 Å². The van der Waals surface area contributed by atoms with Crippen LogP contribution in [0.2, 0.25) is 0 Å². The first-order valence-electron chi connectivity index (χ1n) is 9.25. The van der Waals surface area contributed by atoms with Gasteiger partial charge in [0.15, 0.2) is 0 Å². The normalized spacial score (nSPS) is 11.6. The van der Waals surface area contributed by atoms with Crippen molar-refractivity contribution in [2.24, 2.45) is 0 Å². The summed E-state index contributed by atoms with van der Waals surface area (Å²) in [6.45, 7) is 0.187. The summed E-state index contributed by atoms with van der Waals surface area (Å²) in [5, 5.41) is 4.57. The lowest BCUT2D eigenvalue weighted by molar-refractivity contribution is -0.121. The molecule has 0 aromatic heterocycles. The van der Waals surface area contributed by atoms with Crippen molar-refractivity contribution in [2.45, 2.75) is 11.3 Å². The predicted molar refractivity (Wildman–Crippen MR) is 113 cm³/mol. The van der Waals surface area contributed by atoms with E-state index in [9.17, 15) is 13.2 Å². The van der Waals surface area contributed by atoms with Gasteiger partial charge in [0.2, 0.25) is 15.9 Å². The third-order valence-electron chi connectivity index (χ3n) is 4.69. The van der Waals surface area contributed by atoms with Gasteiger partial charge in [-0.05, 0) is 47.0 Å². The van der Waals surface area contributed by atoms with E-state index in [1.807, 2.05) is 48.5 Å². The number of hydrogen-bond acceptors (Lipinski definition) is 4. The molecule has 0 bridgehead atoms. The number of benzene rings is 3. The number of ether oxygens (including phenoxy) is 1. The molecular formula is C22H24N2O4S. The van der Waals surface area contributed by atoms with Gasteiger partial charge in [-0.25, -0.2) is 8.42 Å². The Morgan fingerprint density at radius 2 is 1.69 bits per heavy atom. The van der Waals surface area contributed by atoms with Gasteiger partial charge in [-0.3, -0.25) is 4.79 Å². The number of methoxy groups -OCH3 is 1. The SMILES string of the molecule is COc1ccc(CCNC(=O)CN(C)S(=O)(=O)c2ccc3ccccc3c2)cc1. The number of nitrogens with one attached hydrogen (secondary N) is 1. The maximum Gasteiger partial charge on any atom is 0.243 e. The molecule has 0 aliphatic heterocycles. The van der Waals surface area contributed by atoms with Crippen LogP contribution in [0.5, 0.6) is 5.75 Å². The zero-order chi connectivity index (χ0) is 20.9. The van der Waals surface area contributed by atoms with Crippen molar-refractivity contribution < 1.29 is 17.9 Å². The van der Waals surface area contributed by atoms with E-state index in [0.717, 1.165) is 26.4 Å². The summed E-state index contributed by atoms with van der Waals surface area (Å²) in [5.74, 6) is 0.434. The van der Waals surface area contributed by atoms with E-state index in [1.54, 1.807) is 25.3 Å². The molecule has 0 aliphatic rings. The second-order valence-corrected chi connectivity index (χ2v) is 8.76. The van der Waals surface area contributed by atoms with Crippen LogP contribution in [0, 0.1) is 0 Å². The zero-order valence-corrected chi connectivity index (χ0v) is 17.3. The minimum absolute atomic E-state index is 0.171.